The Hall–Kier alpha value is -3.06. The van der Waals surface area contributed by atoms with Crippen LogP contribution in [0.25, 0.3) is 0 Å². The molecule has 3 rings (SSSR count). The monoisotopic (exact) mass is 411 g/mol. The average molecular weight is 412 g/mol. The highest BCUT2D eigenvalue weighted by atomic mass is 32.2. The number of benzene rings is 2. The zero-order chi connectivity index (χ0) is 20.9. The van der Waals surface area contributed by atoms with Crippen LogP contribution >= 0.6 is 0 Å². The van der Waals surface area contributed by atoms with Crippen molar-refractivity contribution in [2.75, 3.05) is 23.7 Å². The maximum atomic E-state index is 12.6. The minimum Gasteiger partial charge on any atom is -0.497 e. The normalized spacial score (nSPS) is 11.1. The van der Waals surface area contributed by atoms with E-state index in [1.165, 1.54) is 11.8 Å². The summed E-state index contributed by atoms with van der Waals surface area (Å²) in [6.07, 6.45) is 2.35. The van der Waals surface area contributed by atoms with Crippen molar-refractivity contribution in [1.82, 2.24) is 4.98 Å². The molecular formula is C22H25N3O3S. The number of hydrogen-bond acceptors (Lipinski definition) is 5. The number of ether oxygens (including phenoxy) is 1. The van der Waals surface area contributed by atoms with E-state index in [2.05, 4.69) is 15.0 Å². The first-order valence-electron chi connectivity index (χ1n) is 9.30. The van der Waals surface area contributed by atoms with Crippen LogP contribution in [0.2, 0.25) is 0 Å². The average Bonchev–Trinajstić information content (AvgIpc) is 2.71. The molecular weight excluding hydrogens is 386 g/mol. The summed E-state index contributed by atoms with van der Waals surface area (Å²) in [7, 11) is -2.00. The summed E-state index contributed by atoms with van der Waals surface area (Å²) in [5.41, 5.74) is 3.60. The first-order valence-corrected chi connectivity index (χ1v) is 10.8. The molecule has 0 spiro atoms. The Morgan fingerprint density at radius 2 is 1.72 bits per heavy atom. The molecule has 2 N–H and O–H groups in total. The third-order valence-electron chi connectivity index (χ3n) is 4.68. The van der Waals surface area contributed by atoms with Gasteiger partial charge in [0.05, 0.1) is 23.9 Å². The summed E-state index contributed by atoms with van der Waals surface area (Å²) in [6.45, 7) is 4.55. The molecule has 7 heteroatoms. The number of anilines is 2. The fraction of sp³-hybridized carbons (Fsp3) is 0.227. The Kier molecular flexibility index (Phi) is 6.39. The molecule has 0 aliphatic heterocycles. The molecule has 0 atom stereocenters. The number of nitrogens with one attached hydrogen (secondary N) is 2. The molecule has 0 saturated heterocycles. The first-order chi connectivity index (χ1) is 13.9. The van der Waals surface area contributed by atoms with Crippen LogP contribution in [0.3, 0.4) is 0 Å². The molecule has 0 radical (unpaired) electrons. The molecule has 0 fully saturated rings. The second-order valence-corrected chi connectivity index (χ2v) is 8.49. The van der Waals surface area contributed by atoms with Gasteiger partial charge in [-0.25, -0.2) is 13.4 Å². The fourth-order valence-corrected chi connectivity index (χ4v) is 3.91. The summed E-state index contributed by atoms with van der Waals surface area (Å²) >= 11 is 0. The molecule has 0 bridgehead atoms. The van der Waals surface area contributed by atoms with E-state index in [0.29, 0.717) is 18.1 Å². The number of nitrogens with zero attached hydrogens (tertiary/aromatic N) is 1. The van der Waals surface area contributed by atoms with Gasteiger partial charge in [-0.2, -0.15) is 0 Å². The van der Waals surface area contributed by atoms with Crippen LogP contribution in [0.15, 0.2) is 65.7 Å². The molecule has 0 aliphatic rings. The number of hydrogen-bond donors (Lipinski definition) is 2. The number of rotatable bonds is 8. The predicted molar refractivity (Wildman–Crippen MR) is 116 cm³/mol. The van der Waals surface area contributed by atoms with Gasteiger partial charge in [-0.3, -0.25) is 4.72 Å². The van der Waals surface area contributed by atoms with Gasteiger partial charge < -0.3 is 10.1 Å². The van der Waals surface area contributed by atoms with Crippen LogP contribution in [-0.2, 0) is 16.4 Å². The predicted octanol–water partition coefficient (Wildman–Crippen LogP) is 4.16. The summed E-state index contributed by atoms with van der Waals surface area (Å²) in [5, 5.41) is 3.24. The highest BCUT2D eigenvalue weighted by Gasteiger charge is 2.15. The van der Waals surface area contributed by atoms with Crippen LogP contribution in [-0.4, -0.2) is 27.1 Å². The zero-order valence-corrected chi connectivity index (χ0v) is 17.6. The molecule has 6 nitrogen and oxygen atoms in total. The third kappa shape index (κ3) is 5.48. The van der Waals surface area contributed by atoms with Crippen molar-refractivity contribution in [3.63, 3.8) is 0 Å². The van der Waals surface area contributed by atoms with E-state index in [-0.39, 0.29) is 4.90 Å². The lowest BCUT2D eigenvalue weighted by atomic mass is 10.1. The van der Waals surface area contributed by atoms with Crippen molar-refractivity contribution in [3.05, 3.63) is 77.5 Å². The van der Waals surface area contributed by atoms with Gasteiger partial charge in [-0.05, 0) is 73.4 Å². The van der Waals surface area contributed by atoms with Gasteiger partial charge in [0, 0.05) is 6.54 Å². The number of aryl methyl sites for hydroxylation is 2. The molecule has 152 valence electrons. The Balaban J connectivity index is 1.57. The van der Waals surface area contributed by atoms with Crippen LogP contribution in [0.4, 0.5) is 11.5 Å². The minimum absolute atomic E-state index is 0.238. The number of sulfonamides is 1. The lowest BCUT2D eigenvalue weighted by Gasteiger charge is -2.11. The topological polar surface area (TPSA) is 80.3 Å². The number of aromatic nitrogens is 1. The third-order valence-corrected chi connectivity index (χ3v) is 6.06. The van der Waals surface area contributed by atoms with Crippen molar-refractivity contribution in [3.8, 4) is 5.75 Å². The second kappa shape index (κ2) is 8.96. The van der Waals surface area contributed by atoms with Gasteiger partial charge in [-0.15, -0.1) is 0 Å². The van der Waals surface area contributed by atoms with Crippen molar-refractivity contribution < 1.29 is 13.2 Å². The molecule has 0 saturated carbocycles. The Morgan fingerprint density at radius 1 is 0.966 bits per heavy atom. The highest BCUT2D eigenvalue weighted by molar-refractivity contribution is 7.92. The molecule has 1 heterocycles. The minimum atomic E-state index is -3.64. The van der Waals surface area contributed by atoms with Gasteiger partial charge in [-0.1, -0.05) is 18.2 Å². The van der Waals surface area contributed by atoms with Crippen LogP contribution in [0.1, 0.15) is 16.7 Å². The van der Waals surface area contributed by atoms with E-state index in [1.54, 1.807) is 37.4 Å². The van der Waals surface area contributed by atoms with E-state index >= 15 is 0 Å². The Labute approximate surface area is 172 Å². The molecule has 0 aliphatic carbocycles. The van der Waals surface area contributed by atoms with Gasteiger partial charge in [0.25, 0.3) is 10.0 Å². The SMILES string of the molecule is COc1ccc(CCNc2ccc(NS(=O)(=O)c3ccc(C)c(C)c3)cn2)cc1. The quantitative estimate of drug-likeness (QED) is 0.582. The van der Waals surface area contributed by atoms with Crippen molar-refractivity contribution in [2.24, 2.45) is 0 Å². The Bertz CT molecular complexity index is 1060. The molecule has 1 aromatic heterocycles. The molecule has 0 amide bonds. The summed E-state index contributed by atoms with van der Waals surface area (Å²) in [6, 6.07) is 16.4. The van der Waals surface area contributed by atoms with Crippen molar-refractivity contribution in [2.45, 2.75) is 25.2 Å². The maximum absolute atomic E-state index is 12.6. The standard InChI is InChI=1S/C22H25N3O3S/c1-16-4-10-21(14-17(16)2)29(26,27)25-19-7-11-22(24-15-19)23-13-12-18-5-8-20(28-3)9-6-18/h4-11,14-15,25H,12-13H2,1-3H3,(H,23,24). The van der Waals surface area contributed by atoms with Crippen LogP contribution in [0.5, 0.6) is 5.75 Å². The summed E-state index contributed by atoms with van der Waals surface area (Å²) in [5.74, 6) is 1.52. The first kappa shape index (κ1) is 20.7. The molecule has 3 aromatic rings. The fourth-order valence-electron chi connectivity index (χ4n) is 2.78. The highest BCUT2D eigenvalue weighted by Crippen LogP contribution is 2.19. The van der Waals surface area contributed by atoms with Gasteiger partial charge in [0.15, 0.2) is 0 Å². The van der Waals surface area contributed by atoms with Gasteiger partial charge in [0.1, 0.15) is 11.6 Å². The number of methoxy groups -OCH3 is 1. The lowest BCUT2D eigenvalue weighted by Crippen LogP contribution is -2.13. The summed E-state index contributed by atoms with van der Waals surface area (Å²) < 4.78 is 32.8. The summed E-state index contributed by atoms with van der Waals surface area (Å²) in [4.78, 5) is 4.53. The smallest absolute Gasteiger partial charge is 0.261 e. The van der Waals surface area contributed by atoms with Crippen molar-refractivity contribution in [1.29, 1.82) is 0 Å². The molecule has 0 unspecified atom stereocenters. The second-order valence-electron chi connectivity index (χ2n) is 6.81. The van der Waals surface area contributed by atoms with E-state index in [9.17, 15) is 8.42 Å². The maximum Gasteiger partial charge on any atom is 0.261 e. The van der Waals surface area contributed by atoms with Gasteiger partial charge in [0.2, 0.25) is 0 Å². The number of pyridine rings is 1. The van der Waals surface area contributed by atoms with E-state index in [4.69, 9.17) is 4.74 Å². The van der Waals surface area contributed by atoms with Crippen molar-refractivity contribution >= 4 is 21.5 Å². The van der Waals surface area contributed by atoms with E-state index < -0.39 is 10.0 Å². The van der Waals surface area contributed by atoms with E-state index in [1.807, 2.05) is 38.1 Å². The largest absolute Gasteiger partial charge is 0.497 e. The van der Waals surface area contributed by atoms with Crippen LogP contribution < -0.4 is 14.8 Å². The zero-order valence-electron chi connectivity index (χ0n) is 16.8. The lowest BCUT2D eigenvalue weighted by molar-refractivity contribution is 0.414. The molecule has 29 heavy (non-hydrogen) atoms. The van der Waals surface area contributed by atoms with E-state index in [0.717, 1.165) is 23.3 Å². The van der Waals surface area contributed by atoms with Gasteiger partial charge >= 0.3 is 0 Å². The Morgan fingerprint density at radius 3 is 2.34 bits per heavy atom. The molecule has 2 aromatic carbocycles. The van der Waals surface area contributed by atoms with Crippen LogP contribution in [0, 0.1) is 13.8 Å².